The number of nitrogens with zero attached hydrogens (tertiary/aromatic N) is 3. The highest BCUT2D eigenvalue weighted by Gasteiger charge is 2.44. The third-order valence-corrected chi connectivity index (χ3v) is 12.9. The van der Waals surface area contributed by atoms with Crippen LogP contribution in [0.2, 0.25) is 0 Å². The Kier molecular flexibility index (Phi) is 7.10. The third-order valence-electron chi connectivity index (χ3n) is 12.9. The molecule has 0 fully saturated rings. The molecule has 2 aliphatic heterocycles. The zero-order valence-electron chi connectivity index (χ0n) is 32.7. The second-order valence-corrected chi connectivity index (χ2v) is 16.1. The molecule has 3 nitrogen and oxygen atoms in total. The Balaban J connectivity index is 1.19. The van der Waals surface area contributed by atoms with E-state index in [-0.39, 0.29) is 6.71 Å². The highest BCUT2D eigenvalue weighted by Crippen LogP contribution is 2.48. The highest BCUT2D eigenvalue weighted by atomic mass is 15.2. The monoisotopic (exact) mass is 761 g/mol. The van der Waals surface area contributed by atoms with Crippen LogP contribution in [-0.4, -0.2) is 11.3 Å². The first-order valence-corrected chi connectivity index (χ1v) is 20.8. The van der Waals surface area contributed by atoms with Gasteiger partial charge < -0.3 is 14.4 Å². The summed E-state index contributed by atoms with van der Waals surface area (Å²) in [6.07, 6.45) is 0. The molecule has 1 aromatic heterocycles. The molecule has 278 valence electrons. The molecule has 0 saturated carbocycles. The lowest BCUT2D eigenvalue weighted by Crippen LogP contribution is -2.61. The van der Waals surface area contributed by atoms with Gasteiger partial charge in [0.05, 0.1) is 11.0 Å². The van der Waals surface area contributed by atoms with Gasteiger partial charge in [-0.2, -0.15) is 0 Å². The maximum absolute atomic E-state index is 2.53. The predicted molar refractivity (Wildman–Crippen MR) is 255 cm³/mol. The van der Waals surface area contributed by atoms with Gasteiger partial charge in [0.2, 0.25) is 0 Å². The minimum Gasteiger partial charge on any atom is -0.311 e. The number of anilines is 6. The van der Waals surface area contributed by atoms with Gasteiger partial charge in [-0.1, -0.05) is 146 Å². The number of aromatic nitrogens is 1. The molecule has 0 aliphatic carbocycles. The fraction of sp³-hybridized carbons (Fsp3) is 0. The van der Waals surface area contributed by atoms with E-state index in [1.54, 1.807) is 0 Å². The van der Waals surface area contributed by atoms with E-state index in [9.17, 15) is 0 Å². The van der Waals surface area contributed by atoms with Gasteiger partial charge in [0.1, 0.15) is 0 Å². The fourth-order valence-electron chi connectivity index (χ4n) is 10.3. The molecule has 0 spiro atoms. The number of hydrogen-bond donors (Lipinski definition) is 0. The van der Waals surface area contributed by atoms with Crippen LogP contribution in [0, 0.1) is 0 Å². The zero-order valence-corrected chi connectivity index (χ0v) is 32.7. The van der Waals surface area contributed by atoms with Crippen molar-refractivity contribution in [3.8, 4) is 16.8 Å². The average molecular weight is 762 g/mol. The zero-order chi connectivity index (χ0) is 39.3. The third kappa shape index (κ3) is 4.79. The second-order valence-electron chi connectivity index (χ2n) is 16.1. The lowest BCUT2D eigenvalue weighted by atomic mass is 9.33. The SMILES string of the molecule is c1ccc(N2c3cc4ccccc4cc3B3c4cc5ccccc5cc4N(c4ccccc4)c4cc(-c5cccc6c5c5ccccc5n6-c5ccccc5)cc2c43)cc1. The van der Waals surface area contributed by atoms with E-state index in [0.717, 1.165) is 17.1 Å². The van der Waals surface area contributed by atoms with E-state index in [2.05, 4.69) is 233 Å². The number of benzene rings is 10. The smallest absolute Gasteiger partial charge is 0.252 e. The summed E-state index contributed by atoms with van der Waals surface area (Å²) in [6.45, 7) is -0.000951. The number of rotatable bonds is 4. The molecule has 0 unspecified atom stereocenters. The van der Waals surface area contributed by atoms with Crippen molar-refractivity contribution in [2.24, 2.45) is 0 Å². The largest absolute Gasteiger partial charge is 0.311 e. The van der Waals surface area contributed by atoms with E-state index >= 15 is 0 Å². The molecule has 0 radical (unpaired) electrons. The first-order valence-electron chi connectivity index (χ1n) is 20.8. The molecule has 0 N–H and O–H groups in total. The van der Waals surface area contributed by atoms with Gasteiger partial charge in [0.15, 0.2) is 0 Å². The standard InChI is InChI=1S/C56H36BN3/c1-4-21-42(22-5-1)58-49-29-15-14-27-46(49)55-45(28-16-30-50(55)58)41-35-53-56-54(36-41)60(44-25-8-3-9-26-44)52-34-40-20-13-11-18-38(40)32-48(52)57(56)47-31-37-17-10-12-19-39(37)33-51(47)59(53)43-23-6-2-7-24-43/h1-36H. The van der Waals surface area contributed by atoms with Gasteiger partial charge >= 0.3 is 0 Å². The van der Waals surface area contributed by atoms with Crippen molar-refractivity contribution in [2.45, 2.75) is 0 Å². The molecule has 10 aromatic carbocycles. The van der Waals surface area contributed by atoms with Crippen molar-refractivity contribution in [2.75, 3.05) is 9.80 Å². The van der Waals surface area contributed by atoms with E-state index in [1.807, 2.05) is 0 Å². The van der Waals surface area contributed by atoms with E-state index < -0.39 is 0 Å². The summed E-state index contributed by atoms with van der Waals surface area (Å²) in [5.41, 5.74) is 17.0. The minimum absolute atomic E-state index is 0.000951. The molecule has 0 saturated heterocycles. The summed E-state index contributed by atoms with van der Waals surface area (Å²) in [7, 11) is 0. The summed E-state index contributed by atoms with van der Waals surface area (Å²) in [6, 6.07) is 80.7. The quantitative estimate of drug-likeness (QED) is 0.166. The van der Waals surface area contributed by atoms with Crippen molar-refractivity contribution < 1.29 is 0 Å². The Hall–Kier alpha value is -7.82. The highest BCUT2D eigenvalue weighted by molar-refractivity contribution is 7.00. The molecular weight excluding hydrogens is 725 g/mol. The molecule has 0 amide bonds. The number of hydrogen-bond acceptors (Lipinski definition) is 2. The summed E-state index contributed by atoms with van der Waals surface area (Å²) in [5, 5.41) is 7.46. The minimum atomic E-state index is -0.000951. The maximum atomic E-state index is 2.53. The van der Waals surface area contributed by atoms with Gasteiger partial charge in [-0.25, -0.2) is 0 Å². The summed E-state index contributed by atoms with van der Waals surface area (Å²) in [4.78, 5) is 5.06. The van der Waals surface area contributed by atoms with Gasteiger partial charge in [0.25, 0.3) is 6.71 Å². The van der Waals surface area contributed by atoms with Gasteiger partial charge in [-0.15, -0.1) is 0 Å². The normalized spacial score (nSPS) is 12.9. The Morgan fingerprint density at radius 2 is 0.783 bits per heavy atom. The average Bonchev–Trinajstić information content (AvgIpc) is 3.65. The first-order chi connectivity index (χ1) is 29.8. The van der Waals surface area contributed by atoms with E-state index in [4.69, 9.17) is 0 Å². The summed E-state index contributed by atoms with van der Waals surface area (Å²) < 4.78 is 2.42. The lowest BCUT2D eigenvalue weighted by Gasteiger charge is -2.44. The summed E-state index contributed by atoms with van der Waals surface area (Å²) >= 11 is 0. The van der Waals surface area contributed by atoms with E-state index in [1.165, 1.54) is 93.6 Å². The molecular formula is C56H36BN3. The molecule has 0 atom stereocenters. The van der Waals surface area contributed by atoms with Crippen LogP contribution >= 0.6 is 0 Å². The van der Waals surface area contributed by atoms with Crippen LogP contribution < -0.4 is 26.2 Å². The van der Waals surface area contributed by atoms with E-state index in [0.29, 0.717) is 0 Å². The van der Waals surface area contributed by atoms with Crippen LogP contribution in [-0.2, 0) is 0 Å². The summed E-state index contributed by atoms with van der Waals surface area (Å²) in [5.74, 6) is 0. The maximum Gasteiger partial charge on any atom is 0.252 e. The number of para-hydroxylation sites is 4. The molecule has 2 aliphatic rings. The van der Waals surface area contributed by atoms with Crippen LogP contribution in [0.25, 0.3) is 60.2 Å². The topological polar surface area (TPSA) is 11.4 Å². The van der Waals surface area contributed by atoms with Crippen LogP contribution in [0.4, 0.5) is 34.1 Å². The predicted octanol–water partition coefficient (Wildman–Crippen LogP) is 12.8. The van der Waals surface area contributed by atoms with Crippen molar-refractivity contribution in [1.29, 1.82) is 0 Å². The van der Waals surface area contributed by atoms with Crippen LogP contribution in [0.3, 0.4) is 0 Å². The Morgan fingerprint density at radius 3 is 1.33 bits per heavy atom. The van der Waals surface area contributed by atoms with Gasteiger partial charge in [-0.05, 0) is 122 Å². The molecule has 60 heavy (non-hydrogen) atoms. The van der Waals surface area contributed by atoms with Crippen molar-refractivity contribution >= 4 is 101 Å². The molecule has 13 rings (SSSR count). The van der Waals surface area contributed by atoms with Gasteiger partial charge in [-0.3, -0.25) is 0 Å². The van der Waals surface area contributed by atoms with Crippen molar-refractivity contribution in [3.05, 3.63) is 218 Å². The van der Waals surface area contributed by atoms with Crippen LogP contribution in [0.15, 0.2) is 218 Å². The fourth-order valence-corrected chi connectivity index (χ4v) is 10.3. The second kappa shape index (κ2) is 12.8. The molecule has 4 heteroatoms. The Labute approximate surface area is 348 Å². The van der Waals surface area contributed by atoms with Gasteiger partial charge in [0, 0.05) is 50.6 Å². The molecule has 3 heterocycles. The first kappa shape index (κ1) is 33.2. The Morgan fingerprint density at radius 1 is 0.333 bits per heavy atom. The lowest BCUT2D eigenvalue weighted by molar-refractivity contribution is 1.18. The van der Waals surface area contributed by atoms with Crippen LogP contribution in [0.5, 0.6) is 0 Å². The van der Waals surface area contributed by atoms with Crippen molar-refractivity contribution in [1.82, 2.24) is 4.57 Å². The molecule has 0 bridgehead atoms. The van der Waals surface area contributed by atoms with Crippen molar-refractivity contribution in [3.63, 3.8) is 0 Å². The number of fused-ring (bicyclic) bond motifs is 9. The molecule has 11 aromatic rings. The van der Waals surface area contributed by atoms with Crippen LogP contribution in [0.1, 0.15) is 0 Å². The Bertz CT molecular complexity index is 3350.